The molecule has 1 amide bonds. The summed E-state index contributed by atoms with van der Waals surface area (Å²) in [5.74, 6) is -0.606. The van der Waals surface area contributed by atoms with Crippen LogP contribution in [0.25, 0.3) is 0 Å². The van der Waals surface area contributed by atoms with E-state index in [1.54, 1.807) is 0 Å². The van der Waals surface area contributed by atoms with E-state index in [1.807, 2.05) is 0 Å². The minimum atomic E-state index is -4.48. The van der Waals surface area contributed by atoms with Crippen LogP contribution >= 0.6 is 0 Å². The molecule has 1 aromatic carbocycles. The highest BCUT2D eigenvalue weighted by atomic mass is 19.4. The molecule has 9 heteroatoms. The van der Waals surface area contributed by atoms with Crippen LogP contribution in [0.2, 0.25) is 0 Å². The molecule has 0 radical (unpaired) electrons. The van der Waals surface area contributed by atoms with E-state index in [1.165, 1.54) is 42.9 Å². The topological polar surface area (TPSA) is 77.3 Å². The third-order valence-corrected chi connectivity index (χ3v) is 3.03. The number of hydrogen-bond donors (Lipinski definition) is 1. The number of nitrogens with zero attached hydrogens (tertiary/aromatic N) is 2. The van der Waals surface area contributed by atoms with E-state index in [9.17, 15) is 18.0 Å². The second-order valence-electron chi connectivity index (χ2n) is 4.80. The van der Waals surface area contributed by atoms with Crippen LogP contribution in [0, 0.1) is 0 Å². The molecule has 128 valence electrons. The first-order valence-corrected chi connectivity index (χ1v) is 6.94. The van der Waals surface area contributed by atoms with Crippen molar-refractivity contribution in [1.82, 2.24) is 9.97 Å². The number of oxazole rings is 1. The Balaban J connectivity index is 1.77. The van der Waals surface area contributed by atoms with Gasteiger partial charge < -0.3 is 9.15 Å². The maximum atomic E-state index is 12.7. The van der Waals surface area contributed by atoms with Gasteiger partial charge in [0.25, 0.3) is 5.91 Å². The maximum Gasteiger partial charge on any atom is 0.416 e. The molecule has 0 bridgehead atoms. The van der Waals surface area contributed by atoms with Gasteiger partial charge in [-0.1, -0.05) is 6.07 Å². The molecule has 0 unspecified atom stereocenters. The van der Waals surface area contributed by atoms with Crippen LogP contribution in [0.3, 0.4) is 0 Å². The van der Waals surface area contributed by atoms with Gasteiger partial charge in [-0.2, -0.15) is 13.2 Å². The Morgan fingerprint density at radius 2 is 1.96 bits per heavy atom. The zero-order valence-corrected chi connectivity index (χ0v) is 12.4. The molecule has 6 nitrogen and oxygen atoms in total. The Morgan fingerprint density at radius 3 is 2.68 bits per heavy atom. The number of amides is 1. The quantitative estimate of drug-likeness (QED) is 0.766. The maximum absolute atomic E-state index is 12.7. The number of pyridine rings is 1. The first-order chi connectivity index (χ1) is 11.9. The molecule has 0 spiro atoms. The number of alkyl halides is 3. The Morgan fingerprint density at radius 1 is 1.12 bits per heavy atom. The first-order valence-electron chi connectivity index (χ1n) is 6.94. The summed E-state index contributed by atoms with van der Waals surface area (Å²) >= 11 is 0. The van der Waals surface area contributed by atoms with Gasteiger partial charge in [0, 0.05) is 17.8 Å². The van der Waals surface area contributed by atoms with E-state index in [-0.39, 0.29) is 23.2 Å². The fourth-order valence-electron chi connectivity index (χ4n) is 1.92. The molecular formula is C16H10F3N3O3. The van der Waals surface area contributed by atoms with Gasteiger partial charge in [0.05, 0.1) is 11.8 Å². The standard InChI is InChI=1S/C16H10F3N3O3/c17-16(18,19)11-2-1-3-12(9-11)25-13-8-10(4-5-20-13)14(23)22-15-21-6-7-24-15/h1-9H,(H,21,22,23). The molecule has 3 aromatic rings. The number of anilines is 1. The highest BCUT2D eigenvalue weighted by molar-refractivity contribution is 6.03. The van der Waals surface area contributed by atoms with Gasteiger partial charge in [0.1, 0.15) is 12.0 Å². The van der Waals surface area contributed by atoms with Crippen LogP contribution < -0.4 is 10.1 Å². The number of nitrogens with one attached hydrogen (secondary N) is 1. The summed E-state index contributed by atoms with van der Waals surface area (Å²) in [6.07, 6.45) is -0.521. The lowest BCUT2D eigenvalue weighted by atomic mass is 10.2. The number of ether oxygens (including phenoxy) is 1. The number of carbonyl (C=O) groups is 1. The average molecular weight is 349 g/mol. The molecule has 25 heavy (non-hydrogen) atoms. The van der Waals surface area contributed by atoms with Crippen LogP contribution in [0.5, 0.6) is 11.6 Å². The Labute approximate surface area is 139 Å². The minimum Gasteiger partial charge on any atom is -0.439 e. The number of halogens is 3. The zero-order valence-electron chi connectivity index (χ0n) is 12.4. The van der Waals surface area contributed by atoms with Crippen molar-refractivity contribution >= 4 is 11.9 Å². The van der Waals surface area contributed by atoms with E-state index in [0.717, 1.165) is 12.1 Å². The van der Waals surface area contributed by atoms with Crippen LogP contribution in [0.15, 0.2) is 59.5 Å². The second-order valence-corrected chi connectivity index (χ2v) is 4.80. The highest BCUT2D eigenvalue weighted by Crippen LogP contribution is 2.32. The van der Waals surface area contributed by atoms with E-state index in [4.69, 9.17) is 9.15 Å². The number of rotatable bonds is 4. The Kier molecular flexibility index (Phi) is 4.38. The molecule has 0 aliphatic heterocycles. The monoisotopic (exact) mass is 349 g/mol. The molecular weight excluding hydrogens is 339 g/mol. The molecule has 0 aliphatic rings. The molecule has 1 N–H and O–H groups in total. The second kappa shape index (κ2) is 6.63. The van der Waals surface area contributed by atoms with Crippen molar-refractivity contribution in [2.45, 2.75) is 6.18 Å². The lowest BCUT2D eigenvalue weighted by molar-refractivity contribution is -0.137. The fraction of sp³-hybridized carbons (Fsp3) is 0.0625. The van der Waals surface area contributed by atoms with Crippen molar-refractivity contribution in [3.05, 3.63) is 66.2 Å². The van der Waals surface area contributed by atoms with Gasteiger partial charge >= 0.3 is 12.2 Å². The molecule has 0 atom stereocenters. The van der Waals surface area contributed by atoms with Crippen molar-refractivity contribution in [2.75, 3.05) is 5.32 Å². The van der Waals surface area contributed by atoms with E-state index in [2.05, 4.69) is 15.3 Å². The summed E-state index contributed by atoms with van der Waals surface area (Å²) < 4.78 is 48.4. The minimum absolute atomic E-state index is 0.0159. The average Bonchev–Trinajstić information content (AvgIpc) is 3.07. The number of benzene rings is 1. The van der Waals surface area contributed by atoms with Crippen molar-refractivity contribution in [3.63, 3.8) is 0 Å². The van der Waals surface area contributed by atoms with Crippen molar-refractivity contribution in [3.8, 4) is 11.6 Å². The lowest BCUT2D eigenvalue weighted by Crippen LogP contribution is -2.12. The van der Waals surface area contributed by atoms with Crippen molar-refractivity contribution in [1.29, 1.82) is 0 Å². The number of aromatic nitrogens is 2. The van der Waals surface area contributed by atoms with Crippen LogP contribution in [-0.4, -0.2) is 15.9 Å². The zero-order chi connectivity index (χ0) is 17.9. The SMILES string of the molecule is O=C(Nc1ncco1)c1ccnc(Oc2cccc(C(F)(F)F)c2)c1. The molecule has 3 rings (SSSR count). The van der Waals surface area contributed by atoms with Crippen LogP contribution in [0.4, 0.5) is 19.2 Å². The summed E-state index contributed by atoms with van der Waals surface area (Å²) in [6.45, 7) is 0. The van der Waals surface area contributed by atoms with Gasteiger partial charge in [0.2, 0.25) is 5.88 Å². The van der Waals surface area contributed by atoms with E-state index >= 15 is 0 Å². The van der Waals surface area contributed by atoms with E-state index in [0.29, 0.717) is 0 Å². The van der Waals surface area contributed by atoms with Gasteiger partial charge in [0.15, 0.2) is 0 Å². The summed E-state index contributed by atoms with van der Waals surface area (Å²) in [4.78, 5) is 19.7. The molecule has 0 aliphatic carbocycles. The molecule has 2 heterocycles. The molecule has 2 aromatic heterocycles. The fourth-order valence-corrected chi connectivity index (χ4v) is 1.92. The molecule has 0 saturated heterocycles. The van der Waals surface area contributed by atoms with Crippen LogP contribution in [0.1, 0.15) is 15.9 Å². The summed E-state index contributed by atoms with van der Waals surface area (Å²) in [5.41, 5.74) is -0.669. The van der Waals surface area contributed by atoms with E-state index < -0.39 is 17.6 Å². The smallest absolute Gasteiger partial charge is 0.416 e. The highest BCUT2D eigenvalue weighted by Gasteiger charge is 2.30. The predicted octanol–water partition coefficient (Wildman–Crippen LogP) is 4.13. The van der Waals surface area contributed by atoms with Gasteiger partial charge in [-0.25, -0.2) is 9.97 Å². The van der Waals surface area contributed by atoms with Crippen molar-refractivity contribution in [2.24, 2.45) is 0 Å². The lowest BCUT2D eigenvalue weighted by Gasteiger charge is -2.10. The summed E-state index contributed by atoms with van der Waals surface area (Å²) in [7, 11) is 0. The third-order valence-electron chi connectivity index (χ3n) is 3.03. The molecule has 0 saturated carbocycles. The molecule has 0 fully saturated rings. The Bertz CT molecular complexity index is 880. The van der Waals surface area contributed by atoms with Gasteiger partial charge in [-0.05, 0) is 24.3 Å². The summed E-state index contributed by atoms with van der Waals surface area (Å²) in [6, 6.07) is 7.08. The van der Waals surface area contributed by atoms with Gasteiger partial charge in [-0.3, -0.25) is 10.1 Å². The normalized spacial score (nSPS) is 11.2. The largest absolute Gasteiger partial charge is 0.439 e. The predicted molar refractivity (Wildman–Crippen MR) is 80.2 cm³/mol. The number of carbonyl (C=O) groups excluding carboxylic acids is 1. The van der Waals surface area contributed by atoms with Crippen molar-refractivity contribution < 1.29 is 27.1 Å². The van der Waals surface area contributed by atoms with Gasteiger partial charge in [-0.15, -0.1) is 0 Å². The third kappa shape index (κ3) is 4.14. The Hall–Kier alpha value is -3.36. The summed E-state index contributed by atoms with van der Waals surface area (Å²) in [5, 5.41) is 2.41. The van der Waals surface area contributed by atoms with Crippen LogP contribution in [-0.2, 0) is 6.18 Å². The number of hydrogen-bond acceptors (Lipinski definition) is 5. The first kappa shape index (κ1) is 16.5.